The van der Waals surface area contributed by atoms with E-state index in [2.05, 4.69) is 196 Å². The number of nitriles is 2. The molecule has 0 atom stereocenters. The molecule has 0 bridgehead atoms. The van der Waals surface area contributed by atoms with Gasteiger partial charge in [0.05, 0.1) is 50.0 Å². The highest BCUT2D eigenvalue weighted by molar-refractivity contribution is 6.26. The van der Waals surface area contributed by atoms with Crippen molar-refractivity contribution < 1.29 is 0 Å². The van der Waals surface area contributed by atoms with Gasteiger partial charge in [-0.05, 0) is 89.0 Å². The topological polar surface area (TPSA) is 62.4 Å². The highest BCUT2D eigenvalue weighted by Gasteiger charge is 2.26. The first kappa shape index (κ1) is 34.4. The average molecular weight is 776 g/mol. The standard InChI is InChI=1S/C56H33N5/c57-34-40-26-30-52(60-49-23-13-11-21-44(49)54-53(60)31-27-43-42-20-10-12-22-48(42)59(56(43)54)41-18-8-3-9-19-41)47(35-58)55(40)61-50-28-24-38(36-14-4-1-5-15-36)32-45(50)46-33-39(25-29-51(46)61)37-16-6-2-7-17-37/h1-33H. The Morgan fingerprint density at radius 3 is 1.48 bits per heavy atom. The maximum absolute atomic E-state index is 11.5. The van der Waals surface area contributed by atoms with E-state index in [1.54, 1.807) is 0 Å². The molecule has 0 radical (unpaired) electrons. The van der Waals surface area contributed by atoms with E-state index >= 15 is 0 Å². The highest BCUT2D eigenvalue weighted by Crippen LogP contribution is 2.44. The zero-order valence-electron chi connectivity index (χ0n) is 32.8. The summed E-state index contributed by atoms with van der Waals surface area (Å²) in [4.78, 5) is 0. The van der Waals surface area contributed by atoms with E-state index in [1.165, 1.54) is 5.39 Å². The van der Waals surface area contributed by atoms with Crippen LogP contribution in [0.2, 0.25) is 0 Å². The normalized spacial score (nSPS) is 11.6. The van der Waals surface area contributed by atoms with E-state index in [4.69, 9.17) is 0 Å². The maximum Gasteiger partial charge on any atom is 0.104 e. The van der Waals surface area contributed by atoms with Gasteiger partial charge in [0.15, 0.2) is 0 Å². The molecule has 3 aromatic heterocycles. The smallest absolute Gasteiger partial charge is 0.104 e. The zero-order chi connectivity index (χ0) is 40.6. The molecule has 12 aromatic rings. The Labute approximate surface area is 351 Å². The first-order valence-electron chi connectivity index (χ1n) is 20.4. The van der Waals surface area contributed by atoms with E-state index < -0.39 is 0 Å². The van der Waals surface area contributed by atoms with Crippen molar-refractivity contribution in [2.75, 3.05) is 0 Å². The van der Waals surface area contributed by atoms with Crippen molar-refractivity contribution in [1.82, 2.24) is 13.7 Å². The molecule has 12 rings (SSSR count). The number of hydrogen-bond acceptors (Lipinski definition) is 2. The molecule has 0 aliphatic heterocycles. The van der Waals surface area contributed by atoms with Crippen molar-refractivity contribution >= 4 is 65.4 Å². The number of fused-ring (bicyclic) bond motifs is 10. The van der Waals surface area contributed by atoms with E-state index in [9.17, 15) is 10.5 Å². The predicted molar refractivity (Wildman–Crippen MR) is 250 cm³/mol. The van der Waals surface area contributed by atoms with Crippen LogP contribution in [0.25, 0.3) is 105 Å². The minimum absolute atomic E-state index is 0.420. The monoisotopic (exact) mass is 775 g/mol. The van der Waals surface area contributed by atoms with Gasteiger partial charge in [-0.25, -0.2) is 0 Å². The van der Waals surface area contributed by atoms with Crippen LogP contribution < -0.4 is 0 Å². The second-order valence-corrected chi connectivity index (χ2v) is 15.5. The molecule has 61 heavy (non-hydrogen) atoms. The summed E-state index contributed by atoms with van der Waals surface area (Å²) in [6.45, 7) is 0. The molecule has 0 saturated heterocycles. The lowest BCUT2D eigenvalue weighted by molar-refractivity contribution is 1.11. The Kier molecular flexibility index (Phi) is 7.59. The molecule has 0 fully saturated rings. The lowest BCUT2D eigenvalue weighted by atomic mass is 10.0. The molecule has 0 amide bonds. The Hall–Kier alpha value is -8.64. The first-order valence-corrected chi connectivity index (χ1v) is 20.4. The Morgan fingerprint density at radius 2 is 0.869 bits per heavy atom. The van der Waals surface area contributed by atoms with Crippen LogP contribution in [0.3, 0.4) is 0 Å². The summed E-state index contributed by atoms with van der Waals surface area (Å²) >= 11 is 0. The molecule has 5 nitrogen and oxygen atoms in total. The first-order chi connectivity index (χ1) is 30.2. The molecule has 0 spiro atoms. The fourth-order valence-electron chi connectivity index (χ4n) is 9.70. The molecule has 3 heterocycles. The van der Waals surface area contributed by atoms with Crippen molar-refractivity contribution in [2.45, 2.75) is 0 Å². The molecule has 0 unspecified atom stereocenters. The van der Waals surface area contributed by atoms with Gasteiger partial charge < -0.3 is 13.7 Å². The van der Waals surface area contributed by atoms with Crippen molar-refractivity contribution in [1.29, 1.82) is 10.5 Å². The summed E-state index contributed by atoms with van der Waals surface area (Å²) in [6.07, 6.45) is 0. The number of rotatable bonds is 5. The predicted octanol–water partition coefficient (Wildman–Crippen LogP) is 14.1. The van der Waals surface area contributed by atoms with Crippen LogP contribution in [0, 0.1) is 22.7 Å². The van der Waals surface area contributed by atoms with E-state index in [0.717, 1.165) is 88.0 Å². The van der Waals surface area contributed by atoms with Crippen LogP contribution in [0.4, 0.5) is 0 Å². The third-order valence-corrected chi connectivity index (χ3v) is 12.3. The molecule has 5 heteroatoms. The van der Waals surface area contributed by atoms with Gasteiger partial charge in [-0.1, -0.05) is 133 Å². The van der Waals surface area contributed by atoms with Crippen LogP contribution in [-0.2, 0) is 0 Å². The van der Waals surface area contributed by atoms with Gasteiger partial charge >= 0.3 is 0 Å². The highest BCUT2D eigenvalue weighted by atomic mass is 15.0. The molecular formula is C56H33N5. The van der Waals surface area contributed by atoms with Crippen LogP contribution in [0.5, 0.6) is 0 Å². The number of aromatic nitrogens is 3. The Bertz CT molecular complexity index is 3720. The minimum atomic E-state index is 0.420. The van der Waals surface area contributed by atoms with E-state index in [0.29, 0.717) is 22.5 Å². The second kappa shape index (κ2) is 13.5. The molecule has 0 N–H and O–H groups in total. The van der Waals surface area contributed by atoms with Crippen LogP contribution >= 0.6 is 0 Å². The summed E-state index contributed by atoms with van der Waals surface area (Å²) < 4.78 is 6.72. The summed E-state index contributed by atoms with van der Waals surface area (Å²) in [5, 5.41) is 28.9. The number of para-hydroxylation sites is 3. The van der Waals surface area contributed by atoms with Crippen LogP contribution in [0.15, 0.2) is 200 Å². The second-order valence-electron chi connectivity index (χ2n) is 15.5. The molecule has 0 aliphatic rings. The van der Waals surface area contributed by atoms with Gasteiger partial charge in [0.2, 0.25) is 0 Å². The summed E-state index contributed by atoms with van der Waals surface area (Å²) in [7, 11) is 0. The van der Waals surface area contributed by atoms with Gasteiger partial charge in [-0.15, -0.1) is 0 Å². The fourth-order valence-corrected chi connectivity index (χ4v) is 9.70. The number of hydrogen-bond donors (Lipinski definition) is 0. The van der Waals surface area contributed by atoms with Crippen LogP contribution in [0.1, 0.15) is 11.1 Å². The maximum atomic E-state index is 11.5. The van der Waals surface area contributed by atoms with Crippen molar-refractivity contribution in [3.63, 3.8) is 0 Å². The molecular weight excluding hydrogens is 743 g/mol. The van der Waals surface area contributed by atoms with Crippen molar-refractivity contribution in [3.8, 4) is 51.5 Å². The van der Waals surface area contributed by atoms with Gasteiger partial charge in [0.25, 0.3) is 0 Å². The lowest BCUT2D eigenvalue weighted by Gasteiger charge is -2.17. The quantitative estimate of drug-likeness (QED) is 0.175. The Balaban J connectivity index is 1.19. The number of benzene rings is 9. The Morgan fingerprint density at radius 1 is 0.344 bits per heavy atom. The number of nitrogens with zero attached hydrogens (tertiary/aromatic N) is 5. The minimum Gasteiger partial charge on any atom is -0.309 e. The summed E-state index contributed by atoms with van der Waals surface area (Å²) in [5.74, 6) is 0. The van der Waals surface area contributed by atoms with E-state index in [1.807, 2.05) is 30.3 Å². The third-order valence-electron chi connectivity index (χ3n) is 12.3. The molecule has 282 valence electrons. The van der Waals surface area contributed by atoms with Gasteiger partial charge in [-0.2, -0.15) is 10.5 Å². The fraction of sp³-hybridized carbons (Fsp3) is 0. The SMILES string of the molecule is N#Cc1ccc(-n2c3ccccc3c3c2ccc2c4ccccc4n(-c4ccccc4)c23)c(C#N)c1-n1c2ccc(-c3ccccc3)cc2c2cc(-c3ccccc3)ccc21. The third kappa shape index (κ3) is 5.05. The average Bonchev–Trinajstić information content (AvgIpc) is 3.97. The van der Waals surface area contributed by atoms with Crippen molar-refractivity contribution in [2.24, 2.45) is 0 Å². The van der Waals surface area contributed by atoms with Gasteiger partial charge in [0, 0.05) is 38.0 Å². The molecule has 0 saturated carbocycles. The van der Waals surface area contributed by atoms with Crippen molar-refractivity contribution in [3.05, 3.63) is 211 Å². The van der Waals surface area contributed by atoms with Crippen LogP contribution in [-0.4, -0.2) is 13.7 Å². The molecule has 0 aliphatic carbocycles. The molecule has 9 aromatic carbocycles. The largest absolute Gasteiger partial charge is 0.309 e. The van der Waals surface area contributed by atoms with E-state index in [-0.39, 0.29) is 0 Å². The summed E-state index contributed by atoms with van der Waals surface area (Å²) in [5.41, 5.74) is 13.6. The van der Waals surface area contributed by atoms with Gasteiger partial charge in [-0.3, -0.25) is 0 Å². The lowest BCUT2D eigenvalue weighted by Crippen LogP contribution is -2.06. The van der Waals surface area contributed by atoms with Gasteiger partial charge in [0.1, 0.15) is 17.7 Å². The summed E-state index contributed by atoms with van der Waals surface area (Å²) in [6, 6.07) is 74.7. The zero-order valence-corrected chi connectivity index (χ0v) is 32.8.